The van der Waals surface area contributed by atoms with Gasteiger partial charge in [0.15, 0.2) is 17.5 Å². The van der Waals surface area contributed by atoms with Crippen LogP contribution in [0.4, 0.5) is 0 Å². The first kappa shape index (κ1) is 19.6. The molecule has 0 saturated carbocycles. The summed E-state index contributed by atoms with van der Waals surface area (Å²) in [5.41, 5.74) is 4.62. The molecule has 7 rings (SSSR count). The highest BCUT2D eigenvalue weighted by molar-refractivity contribution is 6.10. The van der Waals surface area contributed by atoms with Gasteiger partial charge in [-0.1, -0.05) is 91.0 Å². The van der Waals surface area contributed by atoms with Gasteiger partial charge in [0.25, 0.3) is 0 Å². The SMILES string of the molecule is c1ccc(-c2nc(-c3ccccc3)nc(-c3ccc4cc5c(cc4c3)oc3ccccc35)n2)cc1. The predicted molar refractivity (Wildman–Crippen MR) is 141 cm³/mol. The Morgan fingerprint density at radius 2 is 1.00 bits per heavy atom. The summed E-state index contributed by atoms with van der Waals surface area (Å²) in [5, 5.41) is 4.48. The number of fused-ring (bicyclic) bond motifs is 4. The van der Waals surface area contributed by atoms with Crippen molar-refractivity contribution in [3.63, 3.8) is 0 Å². The first-order valence-corrected chi connectivity index (χ1v) is 11.5. The summed E-state index contributed by atoms with van der Waals surface area (Å²) in [5.74, 6) is 1.95. The second-order valence-electron chi connectivity index (χ2n) is 8.55. The molecule has 2 heterocycles. The largest absolute Gasteiger partial charge is 0.456 e. The van der Waals surface area contributed by atoms with E-state index in [-0.39, 0.29) is 0 Å². The molecule has 0 N–H and O–H groups in total. The third-order valence-corrected chi connectivity index (χ3v) is 6.29. The molecule has 0 fully saturated rings. The normalized spacial score (nSPS) is 11.4. The van der Waals surface area contributed by atoms with Gasteiger partial charge in [0, 0.05) is 27.5 Å². The van der Waals surface area contributed by atoms with Crippen LogP contribution in [0.5, 0.6) is 0 Å². The molecule has 0 amide bonds. The molecule has 0 aliphatic carbocycles. The molecule has 7 aromatic rings. The summed E-state index contributed by atoms with van der Waals surface area (Å²) >= 11 is 0. The van der Waals surface area contributed by atoms with Gasteiger partial charge in [-0.05, 0) is 35.0 Å². The minimum Gasteiger partial charge on any atom is -0.456 e. The molecule has 35 heavy (non-hydrogen) atoms. The molecule has 0 spiro atoms. The summed E-state index contributed by atoms with van der Waals surface area (Å²) in [6.07, 6.45) is 0. The van der Waals surface area contributed by atoms with Crippen LogP contribution in [0, 0.1) is 0 Å². The quantitative estimate of drug-likeness (QED) is 0.275. The maximum atomic E-state index is 6.12. The molecule has 5 aromatic carbocycles. The van der Waals surface area contributed by atoms with Crippen molar-refractivity contribution in [2.45, 2.75) is 0 Å². The monoisotopic (exact) mass is 449 g/mol. The standard InChI is InChI=1S/C31H19N3O/c1-3-9-20(10-4-1)29-32-30(21-11-5-2-6-12-21)34-31(33-29)23-16-15-22-18-26-25-13-7-8-14-27(25)35-28(26)19-24(22)17-23/h1-19H. The number of aromatic nitrogens is 3. The number of hydrogen-bond acceptors (Lipinski definition) is 4. The molecule has 0 saturated heterocycles. The van der Waals surface area contributed by atoms with Crippen LogP contribution in [0.3, 0.4) is 0 Å². The molecule has 0 aliphatic heterocycles. The first-order valence-electron chi connectivity index (χ1n) is 11.5. The molecular formula is C31H19N3O. The van der Waals surface area contributed by atoms with Crippen LogP contribution in [0.25, 0.3) is 66.9 Å². The van der Waals surface area contributed by atoms with Gasteiger partial charge in [-0.3, -0.25) is 0 Å². The Kier molecular flexibility index (Phi) is 4.42. The zero-order valence-electron chi connectivity index (χ0n) is 18.7. The van der Waals surface area contributed by atoms with Crippen LogP contribution < -0.4 is 0 Å². The summed E-state index contributed by atoms with van der Waals surface area (Å²) in [7, 11) is 0. The molecule has 164 valence electrons. The predicted octanol–water partition coefficient (Wildman–Crippen LogP) is 7.93. The Hall–Kier alpha value is -4.83. The highest BCUT2D eigenvalue weighted by atomic mass is 16.3. The van der Waals surface area contributed by atoms with Crippen LogP contribution in [-0.4, -0.2) is 15.0 Å². The van der Waals surface area contributed by atoms with Crippen molar-refractivity contribution in [1.29, 1.82) is 0 Å². The maximum Gasteiger partial charge on any atom is 0.164 e. The smallest absolute Gasteiger partial charge is 0.164 e. The average Bonchev–Trinajstić information content (AvgIpc) is 3.29. The van der Waals surface area contributed by atoms with Crippen molar-refractivity contribution in [2.75, 3.05) is 0 Å². The van der Waals surface area contributed by atoms with Crippen LogP contribution in [0.1, 0.15) is 0 Å². The van der Waals surface area contributed by atoms with Crippen molar-refractivity contribution in [1.82, 2.24) is 15.0 Å². The fourth-order valence-corrected chi connectivity index (χ4v) is 4.55. The molecule has 0 atom stereocenters. The number of para-hydroxylation sites is 1. The third kappa shape index (κ3) is 3.44. The molecule has 4 nitrogen and oxygen atoms in total. The minimum absolute atomic E-state index is 0.643. The van der Waals surface area contributed by atoms with E-state index in [0.29, 0.717) is 17.5 Å². The van der Waals surface area contributed by atoms with Gasteiger partial charge in [-0.2, -0.15) is 0 Å². The number of nitrogens with zero attached hydrogens (tertiary/aromatic N) is 3. The lowest BCUT2D eigenvalue weighted by molar-refractivity contribution is 0.669. The van der Waals surface area contributed by atoms with E-state index in [4.69, 9.17) is 19.4 Å². The Balaban J connectivity index is 1.42. The Labute approximate surface area is 201 Å². The van der Waals surface area contributed by atoms with E-state index in [2.05, 4.69) is 36.4 Å². The van der Waals surface area contributed by atoms with Crippen LogP contribution in [0.15, 0.2) is 120 Å². The Morgan fingerprint density at radius 3 is 1.69 bits per heavy atom. The zero-order valence-corrected chi connectivity index (χ0v) is 18.7. The molecule has 0 bridgehead atoms. The van der Waals surface area contributed by atoms with Crippen LogP contribution >= 0.6 is 0 Å². The van der Waals surface area contributed by atoms with Crippen LogP contribution in [0.2, 0.25) is 0 Å². The summed E-state index contributed by atoms with van der Waals surface area (Å²) in [6.45, 7) is 0. The topological polar surface area (TPSA) is 51.8 Å². The number of hydrogen-bond donors (Lipinski definition) is 0. The lowest BCUT2D eigenvalue weighted by Gasteiger charge is -2.09. The fourth-order valence-electron chi connectivity index (χ4n) is 4.55. The van der Waals surface area contributed by atoms with Gasteiger partial charge in [-0.25, -0.2) is 15.0 Å². The van der Waals surface area contributed by atoms with Gasteiger partial charge in [0.1, 0.15) is 11.2 Å². The zero-order chi connectivity index (χ0) is 23.2. The maximum absolute atomic E-state index is 6.12. The lowest BCUT2D eigenvalue weighted by Crippen LogP contribution is -2.00. The van der Waals surface area contributed by atoms with Gasteiger partial charge in [0.05, 0.1) is 0 Å². The van der Waals surface area contributed by atoms with E-state index in [9.17, 15) is 0 Å². The second-order valence-corrected chi connectivity index (χ2v) is 8.55. The van der Waals surface area contributed by atoms with Crippen LogP contribution in [-0.2, 0) is 0 Å². The summed E-state index contributed by atoms with van der Waals surface area (Å²) < 4.78 is 6.12. The first-order chi connectivity index (χ1) is 17.3. The van der Waals surface area contributed by atoms with E-state index in [0.717, 1.165) is 49.4 Å². The van der Waals surface area contributed by atoms with Crippen molar-refractivity contribution < 1.29 is 4.42 Å². The van der Waals surface area contributed by atoms with E-state index in [1.165, 1.54) is 0 Å². The highest BCUT2D eigenvalue weighted by Crippen LogP contribution is 2.34. The van der Waals surface area contributed by atoms with Crippen molar-refractivity contribution >= 4 is 32.7 Å². The number of rotatable bonds is 3. The lowest BCUT2D eigenvalue weighted by atomic mass is 10.0. The van der Waals surface area contributed by atoms with Gasteiger partial charge in [0.2, 0.25) is 0 Å². The number of furan rings is 1. The van der Waals surface area contributed by atoms with Crippen molar-refractivity contribution in [2.24, 2.45) is 0 Å². The molecule has 4 heteroatoms. The molecule has 0 radical (unpaired) electrons. The Bertz CT molecular complexity index is 1780. The van der Waals surface area contributed by atoms with E-state index in [1.54, 1.807) is 0 Å². The minimum atomic E-state index is 0.643. The second kappa shape index (κ2) is 7.89. The van der Waals surface area contributed by atoms with Gasteiger partial charge >= 0.3 is 0 Å². The van der Waals surface area contributed by atoms with Gasteiger partial charge < -0.3 is 4.42 Å². The Morgan fingerprint density at radius 1 is 0.400 bits per heavy atom. The molecule has 0 aliphatic rings. The van der Waals surface area contributed by atoms with E-state index >= 15 is 0 Å². The summed E-state index contributed by atoms with van der Waals surface area (Å²) in [6, 6.07) is 38.8. The molecule has 0 unspecified atom stereocenters. The molecular weight excluding hydrogens is 430 g/mol. The fraction of sp³-hybridized carbons (Fsp3) is 0. The van der Waals surface area contributed by atoms with E-state index < -0.39 is 0 Å². The molecule has 2 aromatic heterocycles. The summed E-state index contributed by atoms with van der Waals surface area (Å²) in [4.78, 5) is 14.5. The van der Waals surface area contributed by atoms with Gasteiger partial charge in [-0.15, -0.1) is 0 Å². The third-order valence-electron chi connectivity index (χ3n) is 6.29. The van der Waals surface area contributed by atoms with Crippen molar-refractivity contribution in [3.8, 4) is 34.2 Å². The average molecular weight is 450 g/mol. The van der Waals surface area contributed by atoms with E-state index in [1.807, 2.05) is 78.9 Å². The highest BCUT2D eigenvalue weighted by Gasteiger charge is 2.13. The number of benzene rings is 5. The van der Waals surface area contributed by atoms with Crippen molar-refractivity contribution in [3.05, 3.63) is 115 Å².